The van der Waals surface area contributed by atoms with Gasteiger partial charge < -0.3 is 4.74 Å². The van der Waals surface area contributed by atoms with Crippen LogP contribution in [0.2, 0.25) is 0 Å². The number of carbonyl (C=O) groups excluding carboxylic acids is 1. The minimum atomic E-state index is -0.552. The summed E-state index contributed by atoms with van der Waals surface area (Å²) in [5.41, 5.74) is 0.524. The van der Waals surface area contributed by atoms with Crippen molar-refractivity contribution in [1.29, 1.82) is 0 Å². The van der Waals surface area contributed by atoms with E-state index in [2.05, 4.69) is 26.0 Å². The summed E-state index contributed by atoms with van der Waals surface area (Å²) in [5, 5.41) is 0. The molecule has 0 spiro atoms. The van der Waals surface area contributed by atoms with Gasteiger partial charge in [0.2, 0.25) is 0 Å². The second-order valence-electron chi connectivity index (χ2n) is 6.36. The zero-order valence-corrected chi connectivity index (χ0v) is 14.8. The van der Waals surface area contributed by atoms with Gasteiger partial charge in [-0.2, -0.15) is 0 Å². The third-order valence-electron chi connectivity index (χ3n) is 4.59. The highest BCUT2D eigenvalue weighted by Gasteiger charge is 2.40. The number of esters is 1. The summed E-state index contributed by atoms with van der Waals surface area (Å²) >= 11 is 0. The van der Waals surface area contributed by atoms with Crippen molar-refractivity contribution in [2.45, 2.75) is 57.8 Å². The van der Waals surface area contributed by atoms with Gasteiger partial charge in [0.15, 0.2) is 0 Å². The van der Waals surface area contributed by atoms with Crippen molar-refractivity contribution in [3.63, 3.8) is 0 Å². The highest BCUT2D eigenvalue weighted by atomic mass is 16.5. The van der Waals surface area contributed by atoms with Crippen LogP contribution in [-0.2, 0) is 10.2 Å². The summed E-state index contributed by atoms with van der Waals surface area (Å²) in [7, 11) is 0. The minimum absolute atomic E-state index is 0.123. The van der Waals surface area contributed by atoms with E-state index in [1.807, 2.05) is 48.5 Å². The van der Waals surface area contributed by atoms with Gasteiger partial charge in [0.25, 0.3) is 0 Å². The normalized spacial score (nSPS) is 11.2. The fourth-order valence-electron chi connectivity index (χ4n) is 3.14. The Balaban J connectivity index is 2.36. The van der Waals surface area contributed by atoms with Crippen LogP contribution in [0.3, 0.4) is 0 Å². The van der Waals surface area contributed by atoms with Gasteiger partial charge in [-0.1, -0.05) is 88.1 Å². The third-order valence-corrected chi connectivity index (χ3v) is 4.59. The van der Waals surface area contributed by atoms with Gasteiger partial charge in [0, 0.05) is 0 Å². The first-order valence-corrected chi connectivity index (χ1v) is 9.06. The Morgan fingerprint density at radius 3 is 1.83 bits per heavy atom. The maximum Gasteiger partial charge on any atom is 0.321 e. The number of para-hydroxylation sites is 1. The Labute approximate surface area is 145 Å². The zero-order chi connectivity index (χ0) is 17.3. The van der Waals surface area contributed by atoms with E-state index in [0.29, 0.717) is 5.75 Å². The van der Waals surface area contributed by atoms with Crippen molar-refractivity contribution in [3.8, 4) is 5.75 Å². The smallest absolute Gasteiger partial charge is 0.321 e. The first-order valence-electron chi connectivity index (χ1n) is 9.06. The van der Waals surface area contributed by atoms with Gasteiger partial charge in [-0.3, -0.25) is 4.79 Å². The molecule has 2 nitrogen and oxygen atoms in total. The molecule has 0 heterocycles. The summed E-state index contributed by atoms with van der Waals surface area (Å²) in [5.74, 6) is 0.498. The number of hydrogen-bond acceptors (Lipinski definition) is 2. The van der Waals surface area contributed by atoms with Crippen LogP contribution in [0.25, 0.3) is 0 Å². The van der Waals surface area contributed by atoms with E-state index >= 15 is 0 Å². The highest BCUT2D eigenvalue weighted by Crippen LogP contribution is 2.37. The first-order chi connectivity index (χ1) is 11.7. The summed E-state index contributed by atoms with van der Waals surface area (Å²) in [6, 6.07) is 19.5. The van der Waals surface area contributed by atoms with Crippen molar-refractivity contribution in [1.82, 2.24) is 0 Å². The number of rotatable bonds is 9. The lowest BCUT2D eigenvalue weighted by Crippen LogP contribution is -2.39. The molecule has 0 amide bonds. The molecule has 128 valence electrons. The Hall–Kier alpha value is -2.09. The molecule has 0 fully saturated rings. The molecule has 2 rings (SSSR count). The lowest BCUT2D eigenvalue weighted by atomic mass is 9.72. The van der Waals surface area contributed by atoms with E-state index < -0.39 is 5.41 Å². The van der Waals surface area contributed by atoms with E-state index in [9.17, 15) is 4.79 Å². The number of hydrogen-bond donors (Lipinski definition) is 0. The maximum absolute atomic E-state index is 13.2. The molecule has 0 bridgehead atoms. The molecule has 0 aliphatic carbocycles. The molecule has 2 aromatic carbocycles. The number of carbonyl (C=O) groups is 1. The lowest BCUT2D eigenvalue weighted by molar-refractivity contribution is -0.141. The Kier molecular flexibility index (Phi) is 7.05. The van der Waals surface area contributed by atoms with E-state index in [4.69, 9.17) is 4.74 Å². The van der Waals surface area contributed by atoms with Crippen LogP contribution in [0, 0.1) is 0 Å². The Morgan fingerprint density at radius 1 is 0.833 bits per heavy atom. The molecule has 0 unspecified atom stereocenters. The summed E-state index contributed by atoms with van der Waals surface area (Å²) < 4.78 is 5.79. The molecular formula is C22H28O2. The molecule has 0 N–H and O–H groups in total. The van der Waals surface area contributed by atoms with Crippen LogP contribution < -0.4 is 4.74 Å². The van der Waals surface area contributed by atoms with Gasteiger partial charge in [0.1, 0.15) is 5.75 Å². The predicted molar refractivity (Wildman–Crippen MR) is 99.2 cm³/mol. The molecule has 0 saturated carbocycles. The van der Waals surface area contributed by atoms with E-state index in [-0.39, 0.29) is 5.97 Å². The number of ether oxygens (including phenoxy) is 1. The van der Waals surface area contributed by atoms with Gasteiger partial charge >= 0.3 is 5.97 Å². The van der Waals surface area contributed by atoms with Crippen LogP contribution in [0.1, 0.15) is 57.9 Å². The standard InChI is InChI=1S/C22H28O2/c1-3-5-17-22(18-6-4-2,19-13-9-7-10-14-19)21(23)24-20-15-11-8-12-16-20/h7-16H,3-6,17-18H2,1-2H3. The quantitative estimate of drug-likeness (QED) is 0.423. The lowest BCUT2D eigenvalue weighted by Gasteiger charge is -2.32. The fraction of sp³-hybridized carbons (Fsp3) is 0.409. The largest absolute Gasteiger partial charge is 0.426 e. The molecular weight excluding hydrogens is 296 g/mol. The molecule has 0 aliphatic heterocycles. The number of unbranched alkanes of at least 4 members (excludes halogenated alkanes) is 2. The highest BCUT2D eigenvalue weighted by molar-refractivity contribution is 5.85. The van der Waals surface area contributed by atoms with Gasteiger partial charge in [-0.25, -0.2) is 0 Å². The van der Waals surface area contributed by atoms with Crippen molar-refractivity contribution in [3.05, 3.63) is 66.2 Å². The summed E-state index contributed by atoms with van der Waals surface area (Å²) in [6.07, 6.45) is 5.84. The molecule has 0 radical (unpaired) electrons. The van der Waals surface area contributed by atoms with Crippen LogP contribution in [-0.4, -0.2) is 5.97 Å². The molecule has 0 aromatic heterocycles. The minimum Gasteiger partial charge on any atom is -0.426 e. The average Bonchev–Trinajstić information content (AvgIpc) is 2.64. The Bertz CT molecular complexity index is 596. The molecule has 2 aromatic rings. The second-order valence-corrected chi connectivity index (χ2v) is 6.36. The van der Waals surface area contributed by atoms with Crippen molar-refractivity contribution < 1.29 is 9.53 Å². The number of benzene rings is 2. The van der Waals surface area contributed by atoms with Crippen LogP contribution >= 0.6 is 0 Å². The van der Waals surface area contributed by atoms with E-state index in [1.165, 1.54) is 0 Å². The summed E-state index contributed by atoms with van der Waals surface area (Å²) in [6.45, 7) is 4.33. The predicted octanol–water partition coefficient (Wildman–Crippen LogP) is 5.91. The zero-order valence-electron chi connectivity index (χ0n) is 14.8. The molecule has 0 atom stereocenters. The van der Waals surface area contributed by atoms with E-state index in [0.717, 1.165) is 44.1 Å². The van der Waals surface area contributed by atoms with Crippen molar-refractivity contribution in [2.24, 2.45) is 0 Å². The monoisotopic (exact) mass is 324 g/mol. The van der Waals surface area contributed by atoms with Crippen LogP contribution in [0.5, 0.6) is 5.75 Å². The molecule has 2 heteroatoms. The van der Waals surface area contributed by atoms with E-state index in [1.54, 1.807) is 0 Å². The van der Waals surface area contributed by atoms with Gasteiger partial charge in [-0.15, -0.1) is 0 Å². The average molecular weight is 324 g/mol. The SMILES string of the molecule is CCCCC(CCCC)(C(=O)Oc1ccccc1)c1ccccc1. The first kappa shape index (κ1) is 18.3. The van der Waals surface area contributed by atoms with Crippen molar-refractivity contribution >= 4 is 5.97 Å². The second kappa shape index (κ2) is 9.27. The van der Waals surface area contributed by atoms with Gasteiger partial charge in [0.05, 0.1) is 5.41 Å². The van der Waals surface area contributed by atoms with Crippen molar-refractivity contribution in [2.75, 3.05) is 0 Å². The molecule has 0 saturated heterocycles. The maximum atomic E-state index is 13.2. The molecule has 24 heavy (non-hydrogen) atoms. The van der Waals surface area contributed by atoms with Gasteiger partial charge in [-0.05, 0) is 30.5 Å². The van der Waals surface area contributed by atoms with Crippen LogP contribution in [0.4, 0.5) is 0 Å². The fourth-order valence-corrected chi connectivity index (χ4v) is 3.14. The third kappa shape index (κ3) is 4.47. The molecule has 0 aliphatic rings. The van der Waals surface area contributed by atoms with Crippen LogP contribution in [0.15, 0.2) is 60.7 Å². The Morgan fingerprint density at radius 2 is 1.33 bits per heavy atom. The topological polar surface area (TPSA) is 26.3 Å². The summed E-state index contributed by atoms with van der Waals surface area (Å²) in [4.78, 5) is 13.2.